The molecular formula is C10H14FN3O3. The maximum atomic E-state index is 13.6. The first-order chi connectivity index (χ1) is 8.24. The molecule has 0 aromatic carbocycles. The highest BCUT2D eigenvalue weighted by Gasteiger charge is 2.58. The molecule has 17 heavy (non-hydrogen) atoms. The van der Waals surface area contributed by atoms with Crippen LogP contribution in [0.3, 0.4) is 0 Å². The van der Waals surface area contributed by atoms with Gasteiger partial charge in [-0.05, 0) is 18.4 Å². The van der Waals surface area contributed by atoms with Crippen LogP contribution in [0.5, 0.6) is 0 Å². The van der Waals surface area contributed by atoms with Gasteiger partial charge < -0.3 is 14.2 Å². The lowest BCUT2D eigenvalue weighted by atomic mass is 10.1. The lowest BCUT2D eigenvalue weighted by Gasteiger charge is -2.25. The van der Waals surface area contributed by atoms with Crippen LogP contribution in [0.1, 0.15) is 25.7 Å². The Morgan fingerprint density at radius 3 is 2.71 bits per heavy atom. The monoisotopic (exact) mass is 243 g/mol. The molecule has 3 fully saturated rings. The Kier molecular flexibility index (Phi) is 2.71. The highest BCUT2D eigenvalue weighted by molar-refractivity contribution is 4.98. The fraction of sp³-hybridized carbons (Fsp3) is 1.00. The first-order valence-corrected chi connectivity index (χ1v) is 5.90. The van der Waals surface area contributed by atoms with Crippen molar-refractivity contribution in [3.05, 3.63) is 10.4 Å². The Balaban J connectivity index is 1.74. The van der Waals surface area contributed by atoms with Crippen molar-refractivity contribution in [3.63, 3.8) is 0 Å². The number of hydrogen-bond donors (Lipinski definition) is 0. The van der Waals surface area contributed by atoms with Gasteiger partial charge in [0, 0.05) is 17.8 Å². The molecule has 0 aromatic rings. The van der Waals surface area contributed by atoms with Crippen LogP contribution in [-0.2, 0) is 14.2 Å². The Morgan fingerprint density at radius 1 is 1.29 bits per heavy atom. The van der Waals surface area contributed by atoms with Crippen molar-refractivity contribution in [3.8, 4) is 0 Å². The molecule has 0 unspecified atom stereocenters. The maximum absolute atomic E-state index is 13.6. The number of halogens is 1. The first kappa shape index (κ1) is 11.2. The molecule has 1 spiro atoms. The summed E-state index contributed by atoms with van der Waals surface area (Å²) in [6.07, 6.45) is 0.545. The fourth-order valence-corrected chi connectivity index (χ4v) is 2.88. The first-order valence-electron chi connectivity index (χ1n) is 5.90. The second-order valence-electron chi connectivity index (χ2n) is 4.72. The van der Waals surface area contributed by atoms with Crippen molar-refractivity contribution in [1.29, 1.82) is 0 Å². The lowest BCUT2D eigenvalue weighted by molar-refractivity contribution is -0.217. The molecule has 0 aromatic heterocycles. The van der Waals surface area contributed by atoms with E-state index < -0.39 is 30.5 Å². The lowest BCUT2D eigenvalue weighted by Crippen LogP contribution is -2.33. The highest BCUT2D eigenvalue weighted by atomic mass is 19.1. The van der Waals surface area contributed by atoms with Gasteiger partial charge >= 0.3 is 0 Å². The van der Waals surface area contributed by atoms with E-state index in [1.165, 1.54) is 0 Å². The topological polar surface area (TPSA) is 76.5 Å². The van der Waals surface area contributed by atoms with Crippen LogP contribution in [0.2, 0.25) is 0 Å². The van der Waals surface area contributed by atoms with Gasteiger partial charge in [0.05, 0.1) is 12.6 Å². The van der Waals surface area contributed by atoms with Crippen molar-refractivity contribution >= 4 is 0 Å². The number of ether oxygens (including phenoxy) is 3. The third kappa shape index (κ3) is 1.79. The van der Waals surface area contributed by atoms with Crippen molar-refractivity contribution in [2.45, 2.75) is 56.1 Å². The summed E-state index contributed by atoms with van der Waals surface area (Å²) < 4.78 is 30.2. The Morgan fingerprint density at radius 2 is 2.00 bits per heavy atom. The quantitative estimate of drug-likeness (QED) is 0.423. The van der Waals surface area contributed by atoms with Crippen molar-refractivity contribution in [1.82, 2.24) is 0 Å². The molecule has 0 N–H and O–H groups in total. The average molecular weight is 243 g/mol. The summed E-state index contributed by atoms with van der Waals surface area (Å²) in [4.78, 5) is 2.65. The van der Waals surface area contributed by atoms with E-state index in [1.807, 2.05) is 0 Å². The molecule has 0 amide bonds. The van der Waals surface area contributed by atoms with E-state index in [4.69, 9.17) is 19.7 Å². The van der Waals surface area contributed by atoms with Gasteiger partial charge in [0.15, 0.2) is 5.79 Å². The maximum Gasteiger partial charge on any atom is 0.228 e. The van der Waals surface area contributed by atoms with E-state index in [-0.39, 0.29) is 6.54 Å². The van der Waals surface area contributed by atoms with Crippen LogP contribution in [-0.4, -0.2) is 37.0 Å². The second kappa shape index (κ2) is 4.10. The van der Waals surface area contributed by atoms with Gasteiger partial charge in [0.25, 0.3) is 0 Å². The Labute approximate surface area is 97.6 Å². The predicted octanol–water partition coefficient (Wildman–Crippen LogP) is 2.05. The third-order valence-corrected chi connectivity index (χ3v) is 3.65. The molecule has 6 nitrogen and oxygen atoms in total. The molecule has 0 radical (unpaired) electrons. The van der Waals surface area contributed by atoms with E-state index in [1.54, 1.807) is 0 Å². The van der Waals surface area contributed by atoms with Crippen LogP contribution in [0.25, 0.3) is 10.4 Å². The van der Waals surface area contributed by atoms with E-state index in [9.17, 15) is 4.39 Å². The van der Waals surface area contributed by atoms with Crippen molar-refractivity contribution < 1.29 is 18.6 Å². The molecule has 7 heteroatoms. The minimum absolute atomic E-state index is 0.0809. The summed E-state index contributed by atoms with van der Waals surface area (Å²) in [5, 5.41) is 3.42. The minimum Gasteiger partial charge on any atom is -0.341 e. The molecule has 1 saturated carbocycles. The summed E-state index contributed by atoms with van der Waals surface area (Å²) in [6.45, 7) is 0.0809. The van der Waals surface area contributed by atoms with Gasteiger partial charge in [-0.15, -0.1) is 0 Å². The number of fused-ring (bicyclic) bond motifs is 1. The number of hydrogen-bond acceptors (Lipinski definition) is 4. The van der Waals surface area contributed by atoms with E-state index in [0.717, 1.165) is 25.7 Å². The Bertz CT molecular complexity index is 355. The molecular weight excluding hydrogens is 229 g/mol. The summed E-state index contributed by atoms with van der Waals surface area (Å²) in [5.74, 6) is -0.613. The standard InChI is InChI=1S/C10H14FN3O3/c11-9-8-7(6(15-9)5-13-14-12)16-10(17-8)3-1-2-4-10/h6-9H,1-5H2/t6-,7-,8-,9+/m1/s1. The molecule has 94 valence electrons. The summed E-state index contributed by atoms with van der Waals surface area (Å²) in [7, 11) is 0. The SMILES string of the molecule is [N-]=[N+]=NC[C@H]1O[C@H](F)[C@@H]2OC3(CCCC3)O[C@@H]21. The van der Waals surface area contributed by atoms with Crippen LogP contribution in [0, 0.1) is 0 Å². The van der Waals surface area contributed by atoms with Gasteiger partial charge in [-0.1, -0.05) is 5.11 Å². The summed E-state index contributed by atoms with van der Waals surface area (Å²) in [6, 6.07) is 0. The zero-order chi connectivity index (χ0) is 11.9. The van der Waals surface area contributed by atoms with Crippen LogP contribution < -0.4 is 0 Å². The van der Waals surface area contributed by atoms with Gasteiger partial charge in [-0.25, -0.2) is 4.39 Å². The summed E-state index contributed by atoms with van der Waals surface area (Å²) in [5.41, 5.74) is 8.27. The minimum atomic E-state index is -1.49. The number of rotatable bonds is 2. The molecule has 2 saturated heterocycles. The molecule has 2 aliphatic heterocycles. The zero-order valence-electron chi connectivity index (χ0n) is 9.29. The Hall–Kier alpha value is -0.880. The van der Waals surface area contributed by atoms with Crippen LogP contribution >= 0.6 is 0 Å². The molecule has 4 atom stereocenters. The smallest absolute Gasteiger partial charge is 0.228 e. The number of azide groups is 1. The van der Waals surface area contributed by atoms with Crippen LogP contribution in [0.4, 0.5) is 4.39 Å². The van der Waals surface area contributed by atoms with Gasteiger partial charge in [0.1, 0.15) is 12.2 Å². The number of nitrogens with zero attached hydrogens (tertiary/aromatic N) is 3. The largest absolute Gasteiger partial charge is 0.341 e. The van der Waals surface area contributed by atoms with Gasteiger partial charge in [0.2, 0.25) is 6.36 Å². The number of alkyl halides is 1. The van der Waals surface area contributed by atoms with E-state index in [2.05, 4.69) is 10.0 Å². The molecule has 1 aliphatic carbocycles. The normalized spacial score (nSPS) is 42.6. The van der Waals surface area contributed by atoms with E-state index in [0.29, 0.717) is 0 Å². The van der Waals surface area contributed by atoms with E-state index >= 15 is 0 Å². The van der Waals surface area contributed by atoms with Crippen LogP contribution in [0.15, 0.2) is 5.11 Å². The average Bonchev–Trinajstić information content (AvgIpc) is 2.98. The zero-order valence-corrected chi connectivity index (χ0v) is 9.29. The molecule has 3 aliphatic rings. The third-order valence-electron chi connectivity index (χ3n) is 3.65. The van der Waals surface area contributed by atoms with Crippen molar-refractivity contribution in [2.75, 3.05) is 6.54 Å². The molecule has 0 bridgehead atoms. The van der Waals surface area contributed by atoms with Crippen molar-refractivity contribution in [2.24, 2.45) is 5.11 Å². The fourth-order valence-electron chi connectivity index (χ4n) is 2.88. The molecule has 2 heterocycles. The predicted molar refractivity (Wildman–Crippen MR) is 54.7 cm³/mol. The summed E-state index contributed by atoms with van der Waals surface area (Å²) >= 11 is 0. The highest BCUT2D eigenvalue weighted by Crippen LogP contribution is 2.46. The second-order valence-corrected chi connectivity index (χ2v) is 4.72. The van der Waals surface area contributed by atoms with Gasteiger partial charge in [-0.3, -0.25) is 0 Å². The molecule has 3 rings (SSSR count). The van der Waals surface area contributed by atoms with Gasteiger partial charge in [-0.2, -0.15) is 0 Å².